The first-order valence-corrected chi connectivity index (χ1v) is 5.83. The lowest BCUT2D eigenvalue weighted by molar-refractivity contribution is 0.190. The van der Waals surface area contributed by atoms with E-state index in [4.69, 9.17) is 4.74 Å². The van der Waals surface area contributed by atoms with Gasteiger partial charge in [-0.15, -0.1) is 0 Å². The van der Waals surface area contributed by atoms with Crippen LogP contribution in [0.25, 0.3) is 0 Å². The lowest BCUT2D eigenvalue weighted by Crippen LogP contribution is -2.23. The van der Waals surface area contributed by atoms with Crippen molar-refractivity contribution in [2.75, 3.05) is 19.0 Å². The molecule has 16 heavy (non-hydrogen) atoms. The van der Waals surface area contributed by atoms with Gasteiger partial charge in [0.05, 0.1) is 6.61 Å². The summed E-state index contributed by atoms with van der Waals surface area (Å²) in [6.07, 6.45) is 5.15. The number of imidazole rings is 1. The molecule has 1 aromatic rings. The standard InChI is InChI=1S/C12H21N3O/c1-9(8-16-4)14-11-13-5-6-15(11)10-7-12(10,2)3/h5-6,9-10H,7-8H2,1-4H3,(H,13,14). The molecule has 1 heterocycles. The van der Waals surface area contributed by atoms with Crippen LogP contribution in [0.5, 0.6) is 0 Å². The molecule has 0 bridgehead atoms. The van der Waals surface area contributed by atoms with Gasteiger partial charge in [0, 0.05) is 31.6 Å². The van der Waals surface area contributed by atoms with Crippen molar-refractivity contribution in [3.05, 3.63) is 12.4 Å². The molecule has 1 aromatic heterocycles. The molecule has 0 saturated heterocycles. The van der Waals surface area contributed by atoms with Crippen LogP contribution >= 0.6 is 0 Å². The zero-order valence-corrected chi connectivity index (χ0v) is 10.5. The van der Waals surface area contributed by atoms with Gasteiger partial charge in [-0.2, -0.15) is 0 Å². The van der Waals surface area contributed by atoms with E-state index in [1.54, 1.807) is 7.11 Å². The summed E-state index contributed by atoms with van der Waals surface area (Å²) in [6.45, 7) is 7.38. The minimum Gasteiger partial charge on any atom is -0.383 e. The maximum absolute atomic E-state index is 5.11. The second-order valence-corrected chi connectivity index (χ2v) is 5.37. The fraction of sp³-hybridized carbons (Fsp3) is 0.750. The van der Waals surface area contributed by atoms with Crippen LogP contribution in [0, 0.1) is 5.41 Å². The van der Waals surface area contributed by atoms with E-state index >= 15 is 0 Å². The maximum atomic E-state index is 5.11. The lowest BCUT2D eigenvalue weighted by Gasteiger charge is -2.16. The summed E-state index contributed by atoms with van der Waals surface area (Å²) < 4.78 is 7.35. The summed E-state index contributed by atoms with van der Waals surface area (Å²) in [6, 6.07) is 0.875. The number of nitrogens with zero attached hydrogens (tertiary/aromatic N) is 2. The Bertz CT molecular complexity index is 359. The van der Waals surface area contributed by atoms with Gasteiger partial charge in [-0.1, -0.05) is 13.8 Å². The molecule has 0 radical (unpaired) electrons. The van der Waals surface area contributed by atoms with Crippen molar-refractivity contribution in [3.63, 3.8) is 0 Å². The van der Waals surface area contributed by atoms with E-state index in [0.717, 1.165) is 5.95 Å². The van der Waals surface area contributed by atoms with Crippen LogP contribution in [0.15, 0.2) is 12.4 Å². The third-order valence-corrected chi connectivity index (χ3v) is 3.26. The van der Waals surface area contributed by atoms with Gasteiger partial charge in [0.15, 0.2) is 0 Å². The number of nitrogens with one attached hydrogen (secondary N) is 1. The molecule has 2 rings (SSSR count). The van der Waals surface area contributed by atoms with Crippen LogP contribution in [0.3, 0.4) is 0 Å². The van der Waals surface area contributed by atoms with Crippen LogP contribution in [-0.2, 0) is 4.74 Å². The van der Waals surface area contributed by atoms with Crippen molar-refractivity contribution >= 4 is 5.95 Å². The molecular formula is C12H21N3O. The summed E-state index contributed by atoms with van der Waals surface area (Å²) in [5, 5.41) is 3.38. The van der Waals surface area contributed by atoms with Crippen molar-refractivity contribution in [2.24, 2.45) is 5.41 Å². The highest BCUT2D eigenvalue weighted by Crippen LogP contribution is 2.56. The molecule has 1 saturated carbocycles. The van der Waals surface area contributed by atoms with E-state index < -0.39 is 0 Å². The highest BCUT2D eigenvalue weighted by molar-refractivity contribution is 5.30. The fourth-order valence-electron chi connectivity index (χ4n) is 2.10. The smallest absolute Gasteiger partial charge is 0.203 e. The molecule has 0 aliphatic heterocycles. The summed E-state index contributed by atoms with van der Waals surface area (Å²) >= 11 is 0. The van der Waals surface area contributed by atoms with Crippen molar-refractivity contribution in [1.29, 1.82) is 0 Å². The molecule has 2 atom stereocenters. The average Bonchev–Trinajstić information content (AvgIpc) is 2.62. The van der Waals surface area contributed by atoms with Crippen LogP contribution in [-0.4, -0.2) is 29.3 Å². The lowest BCUT2D eigenvalue weighted by atomic mass is 10.2. The topological polar surface area (TPSA) is 39.1 Å². The first kappa shape index (κ1) is 11.5. The highest BCUT2D eigenvalue weighted by atomic mass is 16.5. The molecule has 2 unspecified atom stereocenters. The van der Waals surface area contributed by atoms with Crippen LogP contribution in [0.4, 0.5) is 5.95 Å². The molecular weight excluding hydrogens is 202 g/mol. The second kappa shape index (κ2) is 4.09. The minimum atomic E-state index is 0.285. The van der Waals surface area contributed by atoms with Gasteiger partial charge in [-0.25, -0.2) is 4.98 Å². The molecule has 1 aliphatic rings. The normalized spacial score (nSPS) is 24.1. The van der Waals surface area contributed by atoms with Gasteiger partial charge in [-0.05, 0) is 18.8 Å². The molecule has 90 valence electrons. The van der Waals surface area contributed by atoms with E-state index in [1.807, 2.05) is 6.20 Å². The molecule has 1 aliphatic carbocycles. The number of rotatable bonds is 5. The Hall–Kier alpha value is -1.03. The van der Waals surface area contributed by atoms with Gasteiger partial charge in [0.1, 0.15) is 0 Å². The van der Waals surface area contributed by atoms with E-state index in [-0.39, 0.29) is 6.04 Å². The van der Waals surface area contributed by atoms with Gasteiger partial charge in [0.2, 0.25) is 5.95 Å². The number of methoxy groups -OCH3 is 1. The van der Waals surface area contributed by atoms with Crippen molar-refractivity contribution in [3.8, 4) is 0 Å². The predicted molar refractivity (Wildman–Crippen MR) is 64.6 cm³/mol. The molecule has 1 fully saturated rings. The molecule has 1 N–H and O–H groups in total. The third-order valence-electron chi connectivity index (χ3n) is 3.26. The molecule has 0 amide bonds. The first-order chi connectivity index (χ1) is 7.54. The highest BCUT2D eigenvalue weighted by Gasteiger charge is 2.47. The third kappa shape index (κ3) is 2.21. The Morgan fingerprint density at radius 3 is 2.94 bits per heavy atom. The summed E-state index contributed by atoms with van der Waals surface area (Å²) in [5.41, 5.74) is 0.418. The molecule has 4 heteroatoms. The van der Waals surface area contributed by atoms with Crippen molar-refractivity contribution in [2.45, 2.75) is 39.3 Å². The SMILES string of the molecule is COCC(C)Nc1nccn1C1CC1(C)C. The summed E-state index contributed by atoms with van der Waals surface area (Å²) in [4.78, 5) is 4.36. The Kier molecular flexibility index (Phi) is 2.93. The van der Waals surface area contributed by atoms with Crippen molar-refractivity contribution in [1.82, 2.24) is 9.55 Å². The van der Waals surface area contributed by atoms with Crippen LogP contribution < -0.4 is 5.32 Å². The van der Waals surface area contributed by atoms with E-state index in [2.05, 4.69) is 41.8 Å². The first-order valence-electron chi connectivity index (χ1n) is 5.83. The maximum Gasteiger partial charge on any atom is 0.203 e. The molecule has 0 spiro atoms. The van der Waals surface area contributed by atoms with Gasteiger partial charge in [-0.3, -0.25) is 0 Å². The molecule has 0 aromatic carbocycles. The van der Waals surface area contributed by atoms with Crippen molar-refractivity contribution < 1.29 is 4.74 Å². The number of hydrogen-bond donors (Lipinski definition) is 1. The number of anilines is 1. The monoisotopic (exact) mass is 223 g/mol. The van der Waals surface area contributed by atoms with Crippen LogP contribution in [0.2, 0.25) is 0 Å². The Labute approximate surface area is 97.0 Å². The van der Waals surface area contributed by atoms with Gasteiger partial charge < -0.3 is 14.6 Å². The number of aromatic nitrogens is 2. The predicted octanol–water partition coefficient (Wildman–Crippen LogP) is 2.30. The number of hydrogen-bond acceptors (Lipinski definition) is 3. The Morgan fingerprint density at radius 1 is 1.69 bits per heavy atom. The van der Waals surface area contributed by atoms with Gasteiger partial charge >= 0.3 is 0 Å². The second-order valence-electron chi connectivity index (χ2n) is 5.37. The largest absolute Gasteiger partial charge is 0.383 e. The van der Waals surface area contributed by atoms with Crippen LogP contribution in [0.1, 0.15) is 33.2 Å². The zero-order chi connectivity index (χ0) is 11.8. The number of ether oxygens (including phenoxy) is 1. The fourth-order valence-corrected chi connectivity index (χ4v) is 2.10. The zero-order valence-electron chi connectivity index (χ0n) is 10.5. The Balaban J connectivity index is 2.03. The Morgan fingerprint density at radius 2 is 2.38 bits per heavy atom. The average molecular weight is 223 g/mol. The van der Waals surface area contributed by atoms with E-state index in [0.29, 0.717) is 18.1 Å². The quantitative estimate of drug-likeness (QED) is 0.832. The van der Waals surface area contributed by atoms with Gasteiger partial charge in [0.25, 0.3) is 0 Å². The molecule has 4 nitrogen and oxygen atoms in total. The van der Waals surface area contributed by atoms with E-state index in [9.17, 15) is 0 Å². The van der Waals surface area contributed by atoms with E-state index in [1.165, 1.54) is 6.42 Å². The summed E-state index contributed by atoms with van der Waals surface area (Å²) in [5.74, 6) is 0.958. The minimum absolute atomic E-state index is 0.285. The summed E-state index contributed by atoms with van der Waals surface area (Å²) in [7, 11) is 1.72.